The number of nitrogens with two attached hydrogens (primary N) is 1. The van der Waals surface area contributed by atoms with Gasteiger partial charge in [-0.05, 0) is 32.6 Å². The van der Waals surface area contributed by atoms with Gasteiger partial charge < -0.3 is 5.73 Å². The molecule has 2 saturated heterocycles. The smallest absolute Gasteiger partial charge is 0.0193 e. The maximum Gasteiger partial charge on any atom is 0.0193 e. The molecule has 13 heavy (non-hydrogen) atoms. The van der Waals surface area contributed by atoms with Gasteiger partial charge >= 0.3 is 0 Å². The summed E-state index contributed by atoms with van der Waals surface area (Å²) in [6, 6.07) is 1.97. The zero-order chi connectivity index (χ0) is 9.42. The zero-order valence-electron chi connectivity index (χ0n) is 8.50. The van der Waals surface area contributed by atoms with E-state index in [9.17, 15) is 0 Å². The van der Waals surface area contributed by atoms with Gasteiger partial charge in [-0.1, -0.05) is 12.2 Å². The van der Waals surface area contributed by atoms with E-state index in [4.69, 9.17) is 5.73 Å². The van der Waals surface area contributed by atoms with Crippen molar-refractivity contribution in [3.8, 4) is 0 Å². The molecule has 0 radical (unpaired) electrons. The predicted octanol–water partition coefficient (Wildman–Crippen LogP) is 1.52. The van der Waals surface area contributed by atoms with Crippen molar-refractivity contribution in [1.29, 1.82) is 0 Å². The average Bonchev–Trinajstić information content (AvgIpc) is 2.32. The van der Waals surface area contributed by atoms with Crippen LogP contribution >= 0.6 is 0 Å². The van der Waals surface area contributed by atoms with Crippen LogP contribution in [0.4, 0.5) is 0 Å². The third-order valence-electron chi connectivity index (χ3n) is 3.37. The third kappa shape index (κ3) is 1.79. The largest absolute Gasteiger partial charge is 0.328 e. The minimum atomic E-state index is 0.457. The lowest BCUT2D eigenvalue weighted by Gasteiger charge is -2.37. The molecule has 2 aliphatic rings. The van der Waals surface area contributed by atoms with Gasteiger partial charge in [0.2, 0.25) is 0 Å². The number of nitrogens with zero attached hydrogens (tertiary/aromatic N) is 1. The molecular weight excluding hydrogens is 160 g/mol. The molecule has 2 N–H and O–H groups in total. The van der Waals surface area contributed by atoms with Crippen LogP contribution in [0.5, 0.6) is 0 Å². The van der Waals surface area contributed by atoms with Crippen molar-refractivity contribution in [3.05, 3.63) is 12.2 Å². The average molecular weight is 180 g/mol. The van der Waals surface area contributed by atoms with E-state index in [-0.39, 0.29) is 0 Å². The van der Waals surface area contributed by atoms with Gasteiger partial charge in [0.15, 0.2) is 0 Å². The molecule has 2 aliphatic heterocycles. The van der Waals surface area contributed by atoms with Crippen molar-refractivity contribution in [1.82, 2.24) is 4.90 Å². The number of hydrogen-bond acceptors (Lipinski definition) is 2. The minimum Gasteiger partial charge on any atom is -0.328 e. The molecular formula is C11H20N2. The van der Waals surface area contributed by atoms with Crippen LogP contribution < -0.4 is 5.73 Å². The van der Waals surface area contributed by atoms with Gasteiger partial charge in [0, 0.05) is 24.7 Å². The van der Waals surface area contributed by atoms with E-state index in [1.807, 2.05) is 0 Å². The van der Waals surface area contributed by atoms with Crippen molar-refractivity contribution in [2.45, 2.75) is 50.7 Å². The number of rotatable bonds is 2. The maximum atomic E-state index is 6.00. The molecule has 2 heteroatoms. The third-order valence-corrected chi connectivity index (χ3v) is 3.37. The van der Waals surface area contributed by atoms with Crippen LogP contribution in [-0.4, -0.2) is 29.6 Å². The Morgan fingerprint density at radius 3 is 2.38 bits per heavy atom. The van der Waals surface area contributed by atoms with Crippen molar-refractivity contribution in [3.63, 3.8) is 0 Å². The lowest BCUT2D eigenvalue weighted by Crippen LogP contribution is -2.47. The van der Waals surface area contributed by atoms with Crippen LogP contribution in [0.3, 0.4) is 0 Å². The summed E-state index contributed by atoms with van der Waals surface area (Å²) in [5, 5.41) is 0. The molecule has 0 spiro atoms. The summed E-state index contributed by atoms with van der Waals surface area (Å²) in [6.07, 6.45) is 5.10. The van der Waals surface area contributed by atoms with Crippen LogP contribution in [0.1, 0.15) is 32.6 Å². The van der Waals surface area contributed by atoms with Gasteiger partial charge in [-0.15, -0.1) is 0 Å². The first kappa shape index (κ1) is 9.22. The van der Waals surface area contributed by atoms with E-state index in [0.29, 0.717) is 6.04 Å². The van der Waals surface area contributed by atoms with Crippen molar-refractivity contribution in [2.24, 2.45) is 5.73 Å². The Bertz CT molecular complexity index is 198. The molecule has 2 rings (SSSR count). The monoisotopic (exact) mass is 180 g/mol. The van der Waals surface area contributed by atoms with Crippen molar-refractivity contribution in [2.75, 3.05) is 6.54 Å². The Hall–Kier alpha value is -0.340. The molecule has 2 bridgehead atoms. The number of hydrogen-bond donors (Lipinski definition) is 1. The molecule has 2 atom stereocenters. The van der Waals surface area contributed by atoms with Crippen LogP contribution in [0, 0.1) is 0 Å². The first-order valence-electron chi connectivity index (χ1n) is 5.32. The molecule has 0 aromatic rings. The van der Waals surface area contributed by atoms with Crippen molar-refractivity contribution >= 4 is 0 Å². The summed E-state index contributed by atoms with van der Waals surface area (Å²) in [6.45, 7) is 7.20. The second-order valence-electron chi connectivity index (χ2n) is 4.75. The van der Waals surface area contributed by atoms with Gasteiger partial charge in [-0.25, -0.2) is 0 Å². The molecule has 0 saturated carbocycles. The Morgan fingerprint density at radius 1 is 1.38 bits per heavy atom. The van der Waals surface area contributed by atoms with E-state index in [2.05, 4.69) is 18.4 Å². The summed E-state index contributed by atoms with van der Waals surface area (Å²) in [5.41, 5.74) is 7.28. The summed E-state index contributed by atoms with van der Waals surface area (Å²) in [5.74, 6) is 0. The zero-order valence-corrected chi connectivity index (χ0v) is 8.50. The molecule has 2 fully saturated rings. The van der Waals surface area contributed by atoms with Crippen LogP contribution in [0.25, 0.3) is 0 Å². The normalized spacial score (nSPS) is 39.4. The minimum absolute atomic E-state index is 0.457. The van der Waals surface area contributed by atoms with Gasteiger partial charge in [-0.2, -0.15) is 0 Å². The molecule has 2 nitrogen and oxygen atoms in total. The van der Waals surface area contributed by atoms with Gasteiger partial charge in [-0.3, -0.25) is 4.90 Å². The molecule has 0 aliphatic carbocycles. The van der Waals surface area contributed by atoms with Gasteiger partial charge in [0.1, 0.15) is 0 Å². The van der Waals surface area contributed by atoms with Gasteiger partial charge in [0.25, 0.3) is 0 Å². The topological polar surface area (TPSA) is 29.3 Å². The highest BCUT2D eigenvalue weighted by Crippen LogP contribution is 2.35. The van der Waals surface area contributed by atoms with E-state index >= 15 is 0 Å². The second-order valence-corrected chi connectivity index (χ2v) is 4.75. The highest BCUT2D eigenvalue weighted by Gasteiger charge is 2.38. The number of piperidine rings is 1. The lowest BCUT2D eigenvalue weighted by atomic mass is 9.98. The van der Waals surface area contributed by atoms with E-state index in [1.54, 1.807) is 0 Å². The molecule has 0 aromatic heterocycles. The fourth-order valence-corrected chi connectivity index (χ4v) is 2.89. The Morgan fingerprint density at radius 2 is 1.92 bits per heavy atom. The quantitative estimate of drug-likeness (QED) is 0.653. The van der Waals surface area contributed by atoms with E-state index in [0.717, 1.165) is 18.6 Å². The SMILES string of the molecule is C=C(C)CN1C2CCC1CC(N)C2. The first-order valence-corrected chi connectivity index (χ1v) is 5.32. The molecule has 0 amide bonds. The maximum absolute atomic E-state index is 6.00. The van der Waals surface area contributed by atoms with E-state index in [1.165, 1.54) is 31.3 Å². The standard InChI is InChI=1S/C11H20N2/c1-8(2)7-13-10-3-4-11(13)6-9(12)5-10/h9-11H,1,3-7,12H2,2H3. The van der Waals surface area contributed by atoms with Crippen LogP contribution in [0.2, 0.25) is 0 Å². The molecule has 0 aromatic carbocycles. The first-order chi connectivity index (χ1) is 6.16. The van der Waals surface area contributed by atoms with Gasteiger partial charge in [0.05, 0.1) is 0 Å². The van der Waals surface area contributed by atoms with Crippen molar-refractivity contribution < 1.29 is 0 Å². The highest BCUT2D eigenvalue weighted by atomic mass is 15.2. The fourth-order valence-electron chi connectivity index (χ4n) is 2.89. The molecule has 74 valence electrons. The second kappa shape index (κ2) is 3.43. The van der Waals surface area contributed by atoms with Crippen LogP contribution in [0.15, 0.2) is 12.2 Å². The number of fused-ring (bicyclic) bond motifs is 2. The van der Waals surface area contributed by atoms with E-state index < -0.39 is 0 Å². The predicted molar refractivity (Wildman–Crippen MR) is 55.5 cm³/mol. The Balaban J connectivity index is 2.02. The highest BCUT2D eigenvalue weighted by molar-refractivity contribution is 5.02. The van der Waals surface area contributed by atoms with Crippen LogP contribution in [-0.2, 0) is 0 Å². The summed E-state index contributed by atoms with van der Waals surface area (Å²) < 4.78 is 0. The Labute approximate surface area is 80.8 Å². The fraction of sp³-hybridized carbons (Fsp3) is 0.818. The summed E-state index contributed by atoms with van der Waals surface area (Å²) in [7, 11) is 0. The Kier molecular flexibility index (Phi) is 2.43. The summed E-state index contributed by atoms with van der Waals surface area (Å²) in [4.78, 5) is 2.62. The molecule has 2 heterocycles. The summed E-state index contributed by atoms with van der Waals surface area (Å²) >= 11 is 0. The molecule has 2 unspecified atom stereocenters. The lowest BCUT2D eigenvalue weighted by molar-refractivity contribution is 0.140.